The van der Waals surface area contributed by atoms with Crippen molar-refractivity contribution in [3.63, 3.8) is 0 Å². The van der Waals surface area contributed by atoms with E-state index in [0.29, 0.717) is 5.95 Å². The molecule has 7 heteroatoms. The lowest BCUT2D eigenvalue weighted by Gasteiger charge is -2.05. The lowest BCUT2D eigenvalue weighted by Crippen LogP contribution is -2.08. The van der Waals surface area contributed by atoms with Crippen LogP contribution in [0.15, 0.2) is 6.20 Å². The Hall–Kier alpha value is -1.92. The number of nitrogens with one attached hydrogen (secondary N) is 2. The van der Waals surface area contributed by atoms with Gasteiger partial charge in [0.1, 0.15) is 6.20 Å². The molecule has 0 saturated heterocycles. The lowest BCUT2D eigenvalue weighted by molar-refractivity contribution is -0.384. The minimum absolute atomic E-state index is 0.122. The third kappa shape index (κ3) is 3.04. The van der Waals surface area contributed by atoms with Crippen LogP contribution in [0.5, 0.6) is 0 Å². The van der Waals surface area contributed by atoms with E-state index in [-0.39, 0.29) is 11.5 Å². The van der Waals surface area contributed by atoms with E-state index < -0.39 is 4.92 Å². The number of anilines is 2. The molecule has 16 heavy (non-hydrogen) atoms. The van der Waals surface area contributed by atoms with Gasteiger partial charge in [0.15, 0.2) is 0 Å². The van der Waals surface area contributed by atoms with Crippen molar-refractivity contribution >= 4 is 17.5 Å². The number of unbranched alkanes of at least 4 members (excludes halogenated alkanes) is 1. The highest BCUT2D eigenvalue weighted by Gasteiger charge is 2.15. The molecule has 0 unspecified atom stereocenters. The molecule has 1 aromatic heterocycles. The minimum atomic E-state index is -0.512. The predicted octanol–water partition coefficient (Wildman–Crippen LogP) is 1.64. The summed E-state index contributed by atoms with van der Waals surface area (Å²) >= 11 is 0. The third-order valence-electron chi connectivity index (χ3n) is 2.02. The third-order valence-corrected chi connectivity index (χ3v) is 2.02. The van der Waals surface area contributed by atoms with Gasteiger partial charge in [0, 0.05) is 13.6 Å². The van der Waals surface area contributed by atoms with E-state index in [2.05, 4.69) is 27.5 Å². The van der Waals surface area contributed by atoms with E-state index in [4.69, 9.17) is 0 Å². The highest BCUT2D eigenvalue weighted by Crippen LogP contribution is 2.20. The first-order valence-electron chi connectivity index (χ1n) is 5.12. The summed E-state index contributed by atoms with van der Waals surface area (Å²) in [6, 6.07) is 0. The molecule has 1 aromatic rings. The molecule has 2 N–H and O–H groups in total. The average molecular weight is 225 g/mol. The van der Waals surface area contributed by atoms with Crippen LogP contribution in [-0.4, -0.2) is 28.5 Å². The fourth-order valence-corrected chi connectivity index (χ4v) is 1.16. The number of nitro groups is 1. The molecule has 0 aromatic carbocycles. The quantitative estimate of drug-likeness (QED) is 0.434. The van der Waals surface area contributed by atoms with Crippen LogP contribution in [0.4, 0.5) is 17.5 Å². The molecule has 0 aliphatic heterocycles. The smallest absolute Gasteiger partial charge is 0.329 e. The summed E-state index contributed by atoms with van der Waals surface area (Å²) in [5.41, 5.74) is -0.122. The fraction of sp³-hybridized carbons (Fsp3) is 0.556. The maximum Gasteiger partial charge on any atom is 0.329 e. The molecule has 0 atom stereocenters. The van der Waals surface area contributed by atoms with Gasteiger partial charge < -0.3 is 10.6 Å². The second-order valence-electron chi connectivity index (χ2n) is 3.21. The van der Waals surface area contributed by atoms with E-state index in [9.17, 15) is 10.1 Å². The SMILES string of the molecule is CCCCNc1ncc([N+](=O)[O-])c(NC)n1. The summed E-state index contributed by atoms with van der Waals surface area (Å²) in [6.45, 7) is 2.84. The first kappa shape index (κ1) is 12.2. The maximum absolute atomic E-state index is 10.6. The number of hydrogen-bond acceptors (Lipinski definition) is 6. The highest BCUT2D eigenvalue weighted by molar-refractivity contribution is 5.56. The Morgan fingerprint density at radius 1 is 1.56 bits per heavy atom. The number of rotatable bonds is 6. The van der Waals surface area contributed by atoms with E-state index in [1.165, 1.54) is 6.20 Å². The molecular formula is C9H15N5O2. The molecule has 1 heterocycles. The maximum atomic E-state index is 10.6. The molecule has 0 bridgehead atoms. The first-order valence-corrected chi connectivity index (χ1v) is 5.12. The zero-order valence-electron chi connectivity index (χ0n) is 9.36. The topological polar surface area (TPSA) is 93.0 Å². The average Bonchev–Trinajstić information content (AvgIpc) is 2.29. The van der Waals surface area contributed by atoms with E-state index in [0.717, 1.165) is 19.4 Å². The van der Waals surface area contributed by atoms with Gasteiger partial charge in [-0.15, -0.1) is 0 Å². The molecule has 7 nitrogen and oxygen atoms in total. The molecule has 0 spiro atoms. The van der Waals surface area contributed by atoms with Crippen LogP contribution in [0.1, 0.15) is 19.8 Å². The van der Waals surface area contributed by atoms with Crippen LogP contribution in [0.25, 0.3) is 0 Å². The second kappa shape index (κ2) is 5.84. The standard InChI is InChI=1S/C9H15N5O2/c1-3-4-5-11-9-12-6-7(14(15)16)8(10-2)13-9/h6H,3-5H2,1-2H3,(H2,10,11,12,13). The Bertz CT molecular complexity index is 369. The summed E-state index contributed by atoms with van der Waals surface area (Å²) in [6.07, 6.45) is 3.28. The van der Waals surface area contributed by atoms with Crippen molar-refractivity contribution in [1.82, 2.24) is 9.97 Å². The summed E-state index contributed by atoms with van der Waals surface area (Å²) in [5, 5.41) is 16.3. The highest BCUT2D eigenvalue weighted by atomic mass is 16.6. The molecule has 0 saturated carbocycles. The van der Waals surface area contributed by atoms with Crippen LogP contribution in [0, 0.1) is 10.1 Å². The number of hydrogen-bond donors (Lipinski definition) is 2. The summed E-state index contributed by atoms with van der Waals surface area (Å²) in [5.74, 6) is 0.627. The lowest BCUT2D eigenvalue weighted by atomic mass is 10.3. The summed E-state index contributed by atoms with van der Waals surface area (Å²) in [4.78, 5) is 18.0. The van der Waals surface area contributed by atoms with Gasteiger partial charge in [0.05, 0.1) is 4.92 Å². The van der Waals surface area contributed by atoms with Gasteiger partial charge in [-0.1, -0.05) is 13.3 Å². The molecular weight excluding hydrogens is 210 g/mol. The van der Waals surface area contributed by atoms with E-state index >= 15 is 0 Å². The van der Waals surface area contributed by atoms with Gasteiger partial charge >= 0.3 is 5.69 Å². The van der Waals surface area contributed by atoms with Gasteiger partial charge in [0.2, 0.25) is 11.8 Å². The summed E-state index contributed by atoms with van der Waals surface area (Å²) < 4.78 is 0. The van der Waals surface area contributed by atoms with Gasteiger partial charge in [-0.25, -0.2) is 4.98 Å². The van der Waals surface area contributed by atoms with Gasteiger partial charge in [-0.2, -0.15) is 4.98 Å². The Labute approximate surface area is 93.4 Å². The monoisotopic (exact) mass is 225 g/mol. The molecule has 0 aliphatic carbocycles. The minimum Gasteiger partial charge on any atom is -0.367 e. The van der Waals surface area contributed by atoms with Gasteiger partial charge in [-0.3, -0.25) is 10.1 Å². The van der Waals surface area contributed by atoms with Crippen LogP contribution in [-0.2, 0) is 0 Å². The van der Waals surface area contributed by atoms with Crippen LogP contribution in [0.3, 0.4) is 0 Å². The van der Waals surface area contributed by atoms with Crippen molar-refractivity contribution in [3.05, 3.63) is 16.3 Å². The van der Waals surface area contributed by atoms with Gasteiger partial charge in [0.25, 0.3) is 0 Å². The van der Waals surface area contributed by atoms with Crippen molar-refractivity contribution in [2.75, 3.05) is 24.2 Å². The number of aromatic nitrogens is 2. The Kier molecular flexibility index (Phi) is 4.43. The number of nitrogens with zero attached hydrogens (tertiary/aromatic N) is 3. The Balaban J connectivity index is 2.78. The van der Waals surface area contributed by atoms with Crippen molar-refractivity contribution in [1.29, 1.82) is 0 Å². The van der Waals surface area contributed by atoms with Crippen LogP contribution < -0.4 is 10.6 Å². The van der Waals surface area contributed by atoms with E-state index in [1.807, 2.05) is 0 Å². The zero-order chi connectivity index (χ0) is 12.0. The normalized spacial score (nSPS) is 9.88. The predicted molar refractivity (Wildman–Crippen MR) is 61.6 cm³/mol. The molecule has 1 rings (SSSR count). The molecule has 88 valence electrons. The molecule has 0 fully saturated rings. The van der Waals surface area contributed by atoms with Crippen molar-refractivity contribution < 1.29 is 4.92 Å². The van der Waals surface area contributed by atoms with Crippen LogP contribution >= 0.6 is 0 Å². The first-order chi connectivity index (χ1) is 7.69. The zero-order valence-corrected chi connectivity index (χ0v) is 9.36. The second-order valence-corrected chi connectivity index (χ2v) is 3.21. The fourth-order valence-electron chi connectivity index (χ4n) is 1.16. The summed E-state index contributed by atoms with van der Waals surface area (Å²) in [7, 11) is 1.59. The molecule has 0 amide bonds. The van der Waals surface area contributed by atoms with Crippen molar-refractivity contribution in [2.24, 2.45) is 0 Å². The Morgan fingerprint density at radius 2 is 2.31 bits per heavy atom. The van der Waals surface area contributed by atoms with Crippen LogP contribution in [0.2, 0.25) is 0 Å². The largest absolute Gasteiger partial charge is 0.367 e. The molecule has 0 radical (unpaired) electrons. The Morgan fingerprint density at radius 3 is 2.88 bits per heavy atom. The molecule has 0 aliphatic rings. The van der Waals surface area contributed by atoms with Crippen molar-refractivity contribution in [3.8, 4) is 0 Å². The van der Waals surface area contributed by atoms with E-state index in [1.54, 1.807) is 7.05 Å². The van der Waals surface area contributed by atoms with Crippen molar-refractivity contribution in [2.45, 2.75) is 19.8 Å². The van der Waals surface area contributed by atoms with Gasteiger partial charge in [-0.05, 0) is 6.42 Å².